The minimum absolute atomic E-state index is 0.178. The molecule has 3 rings (SSSR count). The minimum atomic E-state index is -2.79. The molecule has 2 fully saturated rings. The summed E-state index contributed by atoms with van der Waals surface area (Å²) in [5.41, 5.74) is 0.883. The van der Waals surface area contributed by atoms with Gasteiger partial charge in [0.2, 0.25) is 11.9 Å². The highest BCUT2D eigenvalue weighted by Crippen LogP contribution is 2.37. The molecule has 2 N–H and O–H groups in total. The fourth-order valence-corrected chi connectivity index (χ4v) is 3.35. The van der Waals surface area contributed by atoms with Crippen LogP contribution in [0.3, 0.4) is 0 Å². The largest absolute Gasteiger partial charge is 0.316 e. The molecule has 0 aromatic carbocycles. The molecule has 2 aliphatic heterocycles. The van der Waals surface area contributed by atoms with Gasteiger partial charge in [-0.25, -0.2) is 17.6 Å². The summed E-state index contributed by atoms with van der Waals surface area (Å²) in [6, 6.07) is 3.04. The lowest BCUT2D eigenvalue weighted by Crippen LogP contribution is -2.45. The fourth-order valence-electron chi connectivity index (χ4n) is 3.35. The third kappa shape index (κ3) is 3.80. The molecule has 8 heteroatoms. The number of nitrogens with one attached hydrogen (secondary N) is 1. The number of rotatable bonds is 3. The molecule has 1 unspecified atom stereocenters. The zero-order valence-electron chi connectivity index (χ0n) is 13.3. The molecule has 1 aromatic heterocycles. The van der Waals surface area contributed by atoms with Crippen LogP contribution in [0.5, 0.6) is 0 Å². The lowest BCUT2D eigenvalue weighted by atomic mass is 9.88. The molecule has 0 saturated carbocycles. The van der Waals surface area contributed by atoms with E-state index in [1.54, 1.807) is 11.0 Å². The van der Waals surface area contributed by atoms with E-state index in [0.717, 1.165) is 4.73 Å². The van der Waals surface area contributed by atoms with Crippen LogP contribution in [0.15, 0.2) is 18.3 Å². The van der Waals surface area contributed by atoms with Crippen molar-refractivity contribution in [3.63, 3.8) is 0 Å². The summed E-state index contributed by atoms with van der Waals surface area (Å²) in [4.78, 5) is 1.81. The highest BCUT2D eigenvalue weighted by molar-refractivity contribution is 5.22. The lowest BCUT2D eigenvalue weighted by Gasteiger charge is -2.32. The Balaban J connectivity index is 1.75. The van der Waals surface area contributed by atoms with Crippen LogP contribution in [0.4, 0.5) is 17.6 Å². The van der Waals surface area contributed by atoms with Crippen molar-refractivity contribution in [3.05, 3.63) is 29.6 Å². The number of halogens is 4. The average Bonchev–Trinajstić information content (AvgIpc) is 2.51. The molecule has 0 amide bonds. The lowest BCUT2D eigenvalue weighted by molar-refractivity contribution is -0.910. The number of pyridine rings is 1. The van der Waals surface area contributed by atoms with E-state index in [-0.39, 0.29) is 52.0 Å². The fraction of sp³-hybridized carbons (Fsp3) is 0.688. The predicted octanol–water partition coefficient (Wildman–Crippen LogP) is 2.15. The monoisotopic (exact) mass is 348 g/mol. The first-order valence-electron chi connectivity index (χ1n) is 8.19. The van der Waals surface area contributed by atoms with Gasteiger partial charge in [-0.3, -0.25) is 10.1 Å². The average molecular weight is 348 g/mol. The Bertz CT molecular complexity index is 587. The van der Waals surface area contributed by atoms with E-state index < -0.39 is 17.8 Å². The Labute approximate surface area is 138 Å². The molecule has 1 atom stereocenters. The SMILES string of the molecule is O[n+]1ccc(C2CNCCC2(F)F)cc1CN1CCC(F)(F)CC1. The zero-order valence-corrected chi connectivity index (χ0v) is 13.3. The van der Waals surface area contributed by atoms with Crippen molar-refractivity contribution in [3.8, 4) is 0 Å². The third-order valence-corrected chi connectivity index (χ3v) is 4.90. The molecule has 0 aliphatic carbocycles. The molecule has 0 radical (unpaired) electrons. The number of hydrogen-bond donors (Lipinski definition) is 2. The highest BCUT2D eigenvalue weighted by Gasteiger charge is 2.43. The van der Waals surface area contributed by atoms with E-state index >= 15 is 0 Å². The standard InChI is InChI=1S/C16H22F4N3O/c17-15(18)3-7-22(8-4-15)11-13-9-12(1-6-23(13)24)14-10-21-5-2-16(14,19)20/h1,6,9,14,21,24H,2-5,7-8,10-11H2/q+1. The van der Waals surface area contributed by atoms with Gasteiger partial charge in [-0.05, 0) is 5.56 Å². The molecule has 134 valence electrons. The van der Waals surface area contributed by atoms with Gasteiger partial charge in [-0.15, -0.1) is 0 Å². The van der Waals surface area contributed by atoms with Gasteiger partial charge in [-0.1, -0.05) is 0 Å². The van der Waals surface area contributed by atoms with Crippen molar-refractivity contribution in [2.24, 2.45) is 0 Å². The van der Waals surface area contributed by atoms with E-state index in [2.05, 4.69) is 5.32 Å². The maximum Gasteiger partial charge on any atom is 0.257 e. The molecule has 1 aromatic rings. The van der Waals surface area contributed by atoms with Crippen LogP contribution < -0.4 is 10.0 Å². The van der Waals surface area contributed by atoms with Crippen LogP contribution in [0.25, 0.3) is 0 Å². The first kappa shape index (κ1) is 17.4. The van der Waals surface area contributed by atoms with Crippen molar-refractivity contribution in [1.82, 2.24) is 10.2 Å². The number of hydrogen-bond acceptors (Lipinski definition) is 3. The molecular weight excluding hydrogens is 326 g/mol. The first-order chi connectivity index (χ1) is 11.3. The van der Waals surface area contributed by atoms with Gasteiger partial charge in [0.05, 0.1) is 12.5 Å². The van der Waals surface area contributed by atoms with Crippen molar-refractivity contribution in [1.29, 1.82) is 0 Å². The van der Waals surface area contributed by atoms with E-state index in [9.17, 15) is 22.8 Å². The van der Waals surface area contributed by atoms with E-state index in [0.29, 0.717) is 11.3 Å². The van der Waals surface area contributed by atoms with Gasteiger partial charge in [0.1, 0.15) is 0 Å². The number of nitrogens with zero attached hydrogens (tertiary/aromatic N) is 2. The first-order valence-corrected chi connectivity index (χ1v) is 8.19. The second kappa shape index (κ2) is 6.48. The molecule has 3 heterocycles. The van der Waals surface area contributed by atoms with Crippen molar-refractivity contribution in [2.45, 2.75) is 43.6 Å². The van der Waals surface area contributed by atoms with Crippen LogP contribution in [0.1, 0.15) is 36.4 Å². The Morgan fingerprint density at radius 2 is 1.92 bits per heavy atom. The smallest absolute Gasteiger partial charge is 0.257 e. The van der Waals surface area contributed by atoms with Crippen molar-refractivity contribution < 1.29 is 27.5 Å². The van der Waals surface area contributed by atoms with Crippen molar-refractivity contribution >= 4 is 0 Å². The van der Waals surface area contributed by atoms with Gasteiger partial charge in [0.25, 0.3) is 11.8 Å². The normalized spacial score (nSPS) is 27.1. The topological polar surface area (TPSA) is 39.4 Å². The molecule has 2 saturated heterocycles. The van der Waals surface area contributed by atoms with Crippen molar-refractivity contribution in [2.75, 3.05) is 26.2 Å². The minimum Gasteiger partial charge on any atom is -0.316 e. The number of aromatic nitrogens is 1. The second-order valence-electron chi connectivity index (χ2n) is 6.70. The summed E-state index contributed by atoms with van der Waals surface area (Å²) in [5, 5.41) is 12.9. The van der Waals surface area contributed by atoms with Crippen LogP contribution in [-0.2, 0) is 6.54 Å². The summed E-state index contributed by atoms with van der Waals surface area (Å²) in [6.07, 6.45) is 0.682. The van der Waals surface area contributed by atoms with E-state index in [4.69, 9.17) is 0 Å². The van der Waals surface area contributed by atoms with Gasteiger partial charge in [0, 0.05) is 62.3 Å². The Morgan fingerprint density at radius 3 is 2.58 bits per heavy atom. The van der Waals surface area contributed by atoms with E-state index in [1.807, 2.05) is 0 Å². The third-order valence-electron chi connectivity index (χ3n) is 4.90. The highest BCUT2D eigenvalue weighted by atomic mass is 19.3. The molecule has 4 nitrogen and oxygen atoms in total. The van der Waals surface area contributed by atoms with Gasteiger partial charge in [0.15, 0.2) is 0 Å². The zero-order chi connectivity index (χ0) is 17.4. The Hall–Kier alpha value is -1.41. The Kier molecular flexibility index (Phi) is 4.70. The molecule has 0 spiro atoms. The quantitative estimate of drug-likeness (QED) is 0.500. The van der Waals surface area contributed by atoms with E-state index in [1.165, 1.54) is 12.3 Å². The van der Waals surface area contributed by atoms with Gasteiger partial charge in [-0.2, -0.15) is 0 Å². The van der Waals surface area contributed by atoms with Gasteiger partial charge >= 0.3 is 0 Å². The number of likely N-dealkylation sites (tertiary alicyclic amines) is 1. The molecular formula is C16H22F4N3O+. The number of alkyl halides is 4. The van der Waals surface area contributed by atoms with Crippen LogP contribution in [0.2, 0.25) is 0 Å². The molecule has 0 bridgehead atoms. The Morgan fingerprint density at radius 1 is 1.21 bits per heavy atom. The summed E-state index contributed by atoms with van der Waals surface area (Å²) >= 11 is 0. The summed E-state index contributed by atoms with van der Waals surface area (Å²) in [6.45, 7) is 1.16. The number of piperidine rings is 2. The second-order valence-corrected chi connectivity index (χ2v) is 6.70. The van der Waals surface area contributed by atoms with Crippen LogP contribution >= 0.6 is 0 Å². The maximum atomic E-state index is 14.1. The molecule has 24 heavy (non-hydrogen) atoms. The van der Waals surface area contributed by atoms with Gasteiger partial charge < -0.3 is 5.32 Å². The summed E-state index contributed by atoms with van der Waals surface area (Å²) < 4.78 is 55.6. The van der Waals surface area contributed by atoms with Crippen LogP contribution in [-0.4, -0.2) is 48.1 Å². The summed E-state index contributed by atoms with van der Waals surface area (Å²) in [5.74, 6) is -6.38. The van der Waals surface area contributed by atoms with Crippen LogP contribution in [0, 0.1) is 0 Å². The predicted molar refractivity (Wildman–Crippen MR) is 78.5 cm³/mol. The molecule has 2 aliphatic rings. The maximum absolute atomic E-state index is 14.1. The summed E-state index contributed by atoms with van der Waals surface area (Å²) in [7, 11) is 0.